The Hall–Kier alpha value is -1.01. The summed E-state index contributed by atoms with van der Waals surface area (Å²) in [6, 6.07) is 1.87. The van der Waals surface area contributed by atoms with Gasteiger partial charge in [0.25, 0.3) is 0 Å². The first-order chi connectivity index (χ1) is 9.72. The lowest BCUT2D eigenvalue weighted by Crippen LogP contribution is -2.22. The summed E-state index contributed by atoms with van der Waals surface area (Å²) >= 11 is 1.69. The molecule has 2 rings (SSSR count). The number of anilines is 2. The standard InChI is InChI=1S/C14H24N4OS/c1-3-4-7-20-14-16-12(15)8-13(17-14)18-6-5-11(9-18)10-19-2/h8,11H,3-7,9-10H2,1-2H3,(H2,15,16,17). The zero-order chi connectivity index (χ0) is 14.4. The van der Waals surface area contributed by atoms with E-state index in [4.69, 9.17) is 10.5 Å². The third-order valence-electron chi connectivity index (χ3n) is 3.45. The van der Waals surface area contributed by atoms with Crippen molar-refractivity contribution in [3.63, 3.8) is 0 Å². The summed E-state index contributed by atoms with van der Waals surface area (Å²) in [5.41, 5.74) is 5.91. The highest BCUT2D eigenvalue weighted by atomic mass is 32.2. The van der Waals surface area contributed by atoms with Gasteiger partial charge >= 0.3 is 0 Å². The van der Waals surface area contributed by atoms with Gasteiger partial charge in [-0.25, -0.2) is 9.97 Å². The first-order valence-corrected chi connectivity index (χ1v) is 8.22. The van der Waals surface area contributed by atoms with E-state index in [1.54, 1.807) is 18.9 Å². The van der Waals surface area contributed by atoms with Crippen molar-refractivity contribution in [2.45, 2.75) is 31.3 Å². The lowest BCUT2D eigenvalue weighted by atomic mass is 10.1. The molecule has 5 nitrogen and oxygen atoms in total. The van der Waals surface area contributed by atoms with Crippen LogP contribution in [-0.4, -0.2) is 42.5 Å². The van der Waals surface area contributed by atoms with Crippen LogP contribution in [0.3, 0.4) is 0 Å². The quantitative estimate of drug-likeness (QED) is 0.473. The second-order valence-electron chi connectivity index (χ2n) is 5.19. The highest BCUT2D eigenvalue weighted by molar-refractivity contribution is 7.99. The van der Waals surface area contributed by atoms with Crippen LogP contribution in [0, 0.1) is 5.92 Å². The molecular formula is C14H24N4OS. The number of rotatable bonds is 7. The van der Waals surface area contributed by atoms with Gasteiger partial charge in [0, 0.05) is 37.9 Å². The van der Waals surface area contributed by atoms with Crippen LogP contribution < -0.4 is 10.6 Å². The first kappa shape index (κ1) is 15.4. The Morgan fingerprint density at radius 1 is 1.50 bits per heavy atom. The smallest absolute Gasteiger partial charge is 0.191 e. The van der Waals surface area contributed by atoms with Gasteiger partial charge in [0.2, 0.25) is 0 Å². The molecule has 1 aliphatic rings. The highest BCUT2D eigenvalue weighted by Crippen LogP contribution is 2.26. The van der Waals surface area contributed by atoms with Gasteiger partial charge in [0.1, 0.15) is 11.6 Å². The second kappa shape index (κ2) is 7.69. The van der Waals surface area contributed by atoms with E-state index in [2.05, 4.69) is 21.8 Å². The van der Waals surface area contributed by atoms with Crippen molar-refractivity contribution in [2.24, 2.45) is 5.92 Å². The first-order valence-electron chi connectivity index (χ1n) is 7.24. The summed E-state index contributed by atoms with van der Waals surface area (Å²) in [5, 5.41) is 0.795. The maximum Gasteiger partial charge on any atom is 0.191 e. The van der Waals surface area contributed by atoms with Gasteiger partial charge in [-0.2, -0.15) is 0 Å². The summed E-state index contributed by atoms with van der Waals surface area (Å²) in [4.78, 5) is 11.2. The van der Waals surface area contributed by atoms with E-state index in [0.29, 0.717) is 11.7 Å². The Kier molecular flexibility index (Phi) is 5.91. The van der Waals surface area contributed by atoms with Crippen LogP contribution in [0.1, 0.15) is 26.2 Å². The van der Waals surface area contributed by atoms with Crippen LogP contribution in [0.4, 0.5) is 11.6 Å². The fourth-order valence-electron chi connectivity index (χ4n) is 2.38. The Morgan fingerprint density at radius 2 is 2.35 bits per heavy atom. The second-order valence-corrected chi connectivity index (χ2v) is 6.25. The topological polar surface area (TPSA) is 64.3 Å². The summed E-state index contributed by atoms with van der Waals surface area (Å²) in [7, 11) is 1.76. The molecule has 0 saturated carbocycles. The number of nitrogen functional groups attached to an aromatic ring is 1. The lowest BCUT2D eigenvalue weighted by molar-refractivity contribution is 0.161. The number of hydrogen-bond acceptors (Lipinski definition) is 6. The van der Waals surface area contributed by atoms with Crippen LogP contribution in [0.2, 0.25) is 0 Å². The molecule has 20 heavy (non-hydrogen) atoms. The number of thioether (sulfide) groups is 1. The minimum absolute atomic E-state index is 0.559. The van der Waals surface area contributed by atoms with Crippen LogP contribution in [0.25, 0.3) is 0 Å². The van der Waals surface area contributed by atoms with Crippen LogP contribution in [-0.2, 0) is 4.74 Å². The molecule has 1 aliphatic heterocycles. The number of nitrogens with two attached hydrogens (primary N) is 1. The Balaban J connectivity index is 2.00. The fourth-order valence-corrected chi connectivity index (χ4v) is 3.32. The number of unbranched alkanes of at least 4 members (excludes halogenated alkanes) is 1. The van der Waals surface area contributed by atoms with Crippen molar-refractivity contribution >= 4 is 23.4 Å². The summed E-state index contributed by atoms with van der Waals surface area (Å²) in [5.74, 6) is 3.15. The van der Waals surface area contributed by atoms with Gasteiger partial charge in [-0.3, -0.25) is 0 Å². The molecule has 1 unspecified atom stereocenters. The predicted octanol–water partition coefficient (Wildman–Crippen LogP) is 2.42. The lowest BCUT2D eigenvalue weighted by Gasteiger charge is -2.18. The van der Waals surface area contributed by atoms with Gasteiger partial charge < -0.3 is 15.4 Å². The molecule has 0 bridgehead atoms. The van der Waals surface area contributed by atoms with E-state index < -0.39 is 0 Å². The van der Waals surface area contributed by atoms with Gasteiger partial charge in [-0.1, -0.05) is 25.1 Å². The van der Waals surface area contributed by atoms with Gasteiger partial charge in [-0.15, -0.1) is 0 Å². The number of nitrogens with zero attached hydrogens (tertiary/aromatic N) is 3. The van der Waals surface area contributed by atoms with Crippen LogP contribution >= 0.6 is 11.8 Å². The summed E-state index contributed by atoms with van der Waals surface area (Å²) < 4.78 is 5.23. The van der Waals surface area contributed by atoms with Crippen molar-refractivity contribution in [3.8, 4) is 0 Å². The van der Waals surface area contributed by atoms with Gasteiger partial charge in [0.15, 0.2) is 5.16 Å². The zero-order valence-corrected chi connectivity index (χ0v) is 13.2. The predicted molar refractivity (Wildman–Crippen MR) is 84.3 cm³/mol. The molecule has 0 aromatic carbocycles. The molecule has 1 aromatic rings. The van der Waals surface area contributed by atoms with E-state index in [1.165, 1.54) is 12.8 Å². The fraction of sp³-hybridized carbons (Fsp3) is 0.714. The molecule has 0 amide bonds. The minimum atomic E-state index is 0.559. The summed E-state index contributed by atoms with van der Waals surface area (Å²) in [6.45, 7) is 5.01. The van der Waals surface area contributed by atoms with Crippen molar-refractivity contribution in [1.29, 1.82) is 0 Å². The summed E-state index contributed by atoms with van der Waals surface area (Å²) in [6.07, 6.45) is 3.51. The van der Waals surface area contributed by atoms with Gasteiger partial charge in [0.05, 0.1) is 6.61 Å². The van der Waals surface area contributed by atoms with Crippen LogP contribution in [0.5, 0.6) is 0 Å². The maximum atomic E-state index is 5.91. The van der Waals surface area contributed by atoms with Crippen LogP contribution in [0.15, 0.2) is 11.2 Å². The average molecular weight is 296 g/mol. The van der Waals surface area contributed by atoms with Crippen molar-refractivity contribution in [2.75, 3.05) is 43.2 Å². The molecule has 0 spiro atoms. The molecular weight excluding hydrogens is 272 g/mol. The minimum Gasteiger partial charge on any atom is -0.384 e. The molecule has 1 atom stereocenters. The number of hydrogen-bond donors (Lipinski definition) is 1. The molecule has 1 saturated heterocycles. The Labute approximate surface area is 125 Å². The van der Waals surface area contributed by atoms with Crippen molar-refractivity contribution in [3.05, 3.63) is 6.07 Å². The molecule has 2 heterocycles. The zero-order valence-electron chi connectivity index (χ0n) is 12.3. The Bertz CT molecular complexity index is 430. The van der Waals surface area contributed by atoms with Crippen molar-refractivity contribution in [1.82, 2.24) is 9.97 Å². The monoisotopic (exact) mass is 296 g/mol. The van der Waals surface area contributed by atoms with E-state index in [1.807, 2.05) is 6.07 Å². The third kappa shape index (κ3) is 4.24. The molecule has 112 valence electrons. The van der Waals surface area contributed by atoms with Gasteiger partial charge in [-0.05, 0) is 12.8 Å². The van der Waals surface area contributed by atoms with E-state index in [0.717, 1.165) is 42.8 Å². The van der Waals surface area contributed by atoms with E-state index >= 15 is 0 Å². The SMILES string of the molecule is CCCCSc1nc(N)cc(N2CCC(COC)C2)n1. The maximum absolute atomic E-state index is 5.91. The van der Waals surface area contributed by atoms with E-state index in [-0.39, 0.29) is 0 Å². The van der Waals surface area contributed by atoms with E-state index in [9.17, 15) is 0 Å². The Morgan fingerprint density at radius 3 is 3.10 bits per heavy atom. The molecule has 6 heteroatoms. The van der Waals surface area contributed by atoms with Crippen molar-refractivity contribution < 1.29 is 4.74 Å². The average Bonchev–Trinajstić information content (AvgIpc) is 2.88. The highest BCUT2D eigenvalue weighted by Gasteiger charge is 2.24. The molecule has 0 radical (unpaired) electrons. The molecule has 0 aliphatic carbocycles. The number of methoxy groups -OCH3 is 1. The third-order valence-corrected chi connectivity index (χ3v) is 4.39. The largest absolute Gasteiger partial charge is 0.384 e. The number of aromatic nitrogens is 2. The molecule has 1 fully saturated rings. The number of ether oxygens (including phenoxy) is 1. The molecule has 1 aromatic heterocycles. The normalized spacial score (nSPS) is 18.7. The molecule has 2 N–H and O–H groups in total.